The average molecular weight is 288 g/mol. The van der Waals surface area contributed by atoms with Gasteiger partial charge in [-0.15, -0.1) is 0 Å². The second-order valence-electron chi connectivity index (χ2n) is 6.07. The van der Waals surface area contributed by atoms with Crippen molar-refractivity contribution in [3.63, 3.8) is 0 Å². The topological polar surface area (TPSA) is 78.4 Å². The predicted octanol–water partition coefficient (Wildman–Crippen LogP) is 2.07. The third-order valence-electron chi connectivity index (χ3n) is 3.46. The molecule has 110 valence electrons. The van der Waals surface area contributed by atoms with Crippen molar-refractivity contribution in [3.8, 4) is 0 Å². The van der Waals surface area contributed by atoms with E-state index in [0.29, 0.717) is 5.25 Å². The Morgan fingerprint density at radius 1 is 1.32 bits per heavy atom. The van der Waals surface area contributed by atoms with Crippen molar-refractivity contribution >= 4 is 23.8 Å². The molecule has 1 fully saturated rings. The summed E-state index contributed by atoms with van der Waals surface area (Å²) in [7, 11) is 0. The number of carboxylic acid groups (broad SMARTS) is 1. The van der Waals surface area contributed by atoms with E-state index in [1.54, 1.807) is 32.5 Å². The summed E-state index contributed by atoms with van der Waals surface area (Å²) in [5.41, 5.74) is -0.516. The predicted molar refractivity (Wildman–Crippen MR) is 77.5 cm³/mol. The zero-order chi connectivity index (χ0) is 14.6. The molecule has 0 aromatic carbocycles. The minimum Gasteiger partial charge on any atom is -0.480 e. The molecule has 1 aliphatic carbocycles. The number of hydrogen-bond acceptors (Lipinski definition) is 3. The van der Waals surface area contributed by atoms with E-state index in [1.165, 1.54) is 0 Å². The summed E-state index contributed by atoms with van der Waals surface area (Å²) in [5.74, 6) is -1.00. The highest BCUT2D eigenvalue weighted by Gasteiger charge is 2.34. The lowest BCUT2D eigenvalue weighted by Crippen LogP contribution is -2.54. The number of carboxylic acids is 1. The molecule has 0 bridgehead atoms. The van der Waals surface area contributed by atoms with Gasteiger partial charge in [0, 0.05) is 11.3 Å². The van der Waals surface area contributed by atoms with E-state index in [0.717, 1.165) is 19.3 Å². The SMILES string of the molecule is CSC1CCCC1NC(=O)N[C@@H](C(=O)O)C(C)(C)C. The molecule has 3 atom stereocenters. The Bertz CT molecular complexity index is 341. The maximum Gasteiger partial charge on any atom is 0.326 e. The van der Waals surface area contributed by atoms with Gasteiger partial charge in [-0.3, -0.25) is 0 Å². The van der Waals surface area contributed by atoms with Crippen LogP contribution in [-0.2, 0) is 4.79 Å². The molecule has 0 spiro atoms. The first kappa shape index (κ1) is 16.1. The summed E-state index contributed by atoms with van der Waals surface area (Å²) < 4.78 is 0. The fourth-order valence-electron chi connectivity index (χ4n) is 2.36. The van der Waals surface area contributed by atoms with Crippen molar-refractivity contribution in [2.75, 3.05) is 6.26 Å². The number of thioether (sulfide) groups is 1. The Hall–Kier alpha value is -0.910. The Morgan fingerprint density at radius 3 is 2.42 bits per heavy atom. The fourth-order valence-corrected chi connectivity index (χ4v) is 3.30. The molecule has 19 heavy (non-hydrogen) atoms. The highest BCUT2D eigenvalue weighted by Crippen LogP contribution is 2.28. The largest absolute Gasteiger partial charge is 0.480 e. The van der Waals surface area contributed by atoms with Crippen LogP contribution in [0.1, 0.15) is 40.0 Å². The van der Waals surface area contributed by atoms with Crippen LogP contribution in [0.3, 0.4) is 0 Å². The summed E-state index contributed by atoms with van der Waals surface area (Å²) >= 11 is 1.75. The molecule has 6 heteroatoms. The van der Waals surface area contributed by atoms with Crippen LogP contribution in [-0.4, -0.2) is 40.7 Å². The maximum atomic E-state index is 11.9. The van der Waals surface area contributed by atoms with Crippen LogP contribution < -0.4 is 10.6 Å². The monoisotopic (exact) mass is 288 g/mol. The van der Waals surface area contributed by atoms with Crippen molar-refractivity contribution in [2.45, 2.75) is 57.4 Å². The fraction of sp³-hybridized carbons (Fsp3) is 0.846. The summed E-state index contributed by atoms with van der Waals surface area (Å²) in [6, 6.07) is -1.13. The lowest BCUT2D eigenvalue weighted by molar-refractivity contribution is -0.141. The second kappa shape index (κ2) is 6.50. The number of carbonyl (C=O) groups excluding carboxylic acids is 1. The van der Waals surface area contributed by atoms with Gasteiger partial charge in [-0.25, -0.2) is 9.59 Å². The Morgan fingerprint density at radius 2 is 1.95 bits per heavy atom. The minimum atomic E-state index is -1.00. The summed E-state index contributed by atoms with van der Waals surface area (Å²) in [6.45, 7) is 5.39. The Kier molecular flexibility index (Phi) is 5.52. The van der Waals surface area contributed by atoms with Crippen LogP contribution in [0.15, 0.2) is 0 Å². The molecule has 0 heterocycles. The number of amides is 2. The molecule has 0 aromatic heterocycles. The van der Waals surface area contributed by atoms with Gasteiger partial charge < -0.3 is 15.7 Å². The van der Waals surface area contributed by atoms with Crippen molar-refractivity contribution in [3.05, 3.63) is 0 Å². The smallest absolute Gasteiger partial charge is 0.326 e. The average Bonchev–Trinajstić information content (AvgIpc) is 2.71. The molecule has 1 saturated carbocycles. The quantitative estimate of drug-likeness (QED) is 0.740. The Balaban J connectivity index is 2.56. The zero-order valence-corrected chi connectivity index (χ0v) is 12.8. The van der Waals surface area contributed by atoms with Crippen LogP contribution in [0.5, 0.6) is 0 Å². The first-order valence-electron chi connectivity index (χ1n) is 6.58. The summed E-state index contributed by atoms with van der Waals surface area (Å²) in [5, 5.41) is 15.1. The zero-order valence-electron chi connectivity index (χ0n) is 12.0. The number of hydrogen-bond donors (Lipinski definition) is 3. The van der Waals surface area contributed by atoms with E-state index >= 15 is 0 Å². The van der Waals surface area contributed by atoms with Gasteiger partial charge in [0.1, 0.15) is 6.04 Å². The van der Waals surface area contributed by atoms with E-state index in [4.69, 9.17) is 0 Å². The van der Waals surface area contributed by atoms with Gasteiger partial charge in [-0.2, -0.15) is 11.8 Å². The van der Waals surface area contributed by atoms with Gasteiger partial charge in [-0.05, 0) is 24.5 Å². The van der Waals surface area contributed by atoms with Crippen LogP contribution in [0.25, 0.3) is 0 Å². The lowest BCUT2D eigenvalue weighted by Gasteiger charge is -2.29. The summed E-state index contributed by atoms with van der Waals surface area (Å²) in [4.78, 5) is 23.1. The molecular weight excluding hydrogens is 264 g/mol. The Labute approximate surface area is 118 Å². The maximum absolute atomic E-state index is 11.9. The van der Waals surface area contributed by atoms with E-state index in [1.807, 2.05) is 6.26 Å². The van der Waals surface area contributed by atoms with Crippen molar-refractivity contribution in [1.29, 1.82) is 0 Å². The number of aliphatic carboxylic acids is 1. The van der Waals surface area contributed by atoms with E-state index in [2.05, 4.69) is 10.6 Å². The molecule has 1 aliphatic rings. The molecule has 5 nitrogen and oxygen atoms in total. The van der Waals surface area contributed by atoms with Crippen molar-refractivity contribution in [1.82, 2.24) is 10.6 Å². The first-order chi connectivity index (χ1) is 8.75. The van der Waals surface area contributed by atoms with Gasteiger partial charge in [0.2, 0.25) is 0 Å². The molecule has 1 rings (SSSR count). The van der Waals surface area contributed by atoms with Crippen molar-refractivity contribution < 1.29 is 14.7 Å². The standard InChI is InChI=1S/C13H24N2O3S/c1-13(2,3)10(11(16)17)15-12(18)14-8-6-5-7-9(8)19-4/h8-10H,5-7H2,1-4H3,(H,16,17)(H2,14,15,18)/t8?,9?,10-/m0/s1. The van der Waals surface area contributed by atoms with Gasteiger partial charge in [-0.1, -0.05) is 27.2 Å². The normalized spacial score (nSPS) is 24.8. The van der Waals surface area contributed by atoms with Gasteiger partial charge >= 0.3 is 12.0 Å². The molecule has 0 aliphatic heterocycles. The summed E-state index contributed by atoms with van der Waals surface area (Å²) in [6.07, 6.45) is 5.22. The van der Waals surface area contributed by atoms with Crippen molar-refractivity contribution in [2.24, 2.45) is 5.41 Å². The van der Waals surface area contributed by atoms with E-state index in [-0.39, 0.29) is 12.1 Å². The third kappa shape index (κ3) is 4.60. The molecule has 0 saturated heterocycles. The molecule has 0 radical (unpaired) electrons. The van der Waals surface area contributed by atoms with Crippen LogP contribution in [0.4, 0.5) is 4.79 Å². The lowest BCUT2D eigenvalue weighted by atomic mass is 9.87. The van der Waals surface area contributed by atoms with Crippen LogP contribution >= 0.6 is 11.8 Å². The molecule has 3 N–H and O–H groups in total. The first-order valence-corrected chi connectivity index (χ1v) is 7.87. The highest BCUT2D eigenvalue weighted by molar-refractivity contribution is 7.99. The van der Waals surface area contributed by atoms with Gasteiger partial charge in [0.05, 0.1) is 0 Å². The highest BCUT2D eigenvalue weighted by atomic mass is 32.2. The van der Waals surface area contributed by atoms with Gasteiger partial charge in [0.15, 0.2) is 0 Å². The second-order valence-corrected chi connectivity index (χ2v) is 7.14. The number of nitrogens with one attached hydrogen (secondary N) is 2. The molecule has 2 unspecified atom stereocenters. The third-order valence-corrected chi connectivity index (χ3v) is 4.63. The molecule has 2 amide bonds. The number of rotatable bonds is 4. The van der Waals surface area contributed by atoms with E-state index in [9.17, 15) is 14.7 Å². The van der Waals surface area contributed by atoms with Crippen LogP contribution in [0.2, 0.25) is 0 Å². The van der Waals surface area contributed by atoms with E-state index < -0.39 is 17.4 Å². The minimum absolute atomic E-state index is 0.143. The number of carbonyl (C=O) groups is 2. The number of urea groups is 1. The molecular formula is C13H24N2O3S. The molecule has 0 aromatic rings. The van der Waals surface area contributed by atoms with Gasteiger partial charge in [0.25, 0.3) is 0 Å². The van der Waals surface area contributed by atoms with Crippen LogP contribution in [0, 0.1) is 5.41 Å².